The predicted octanol–water partition coefficient (Wildman–Crippen LogP) is 5.93. The zero-order chi connectivity index (χ0) is 18.1. The summed E-state index contributed by atoms with van der Waals surface area (Å²) in [5, 5.41) is 1.08. The van der Waals surface area contributed by atoms with Crippen molar-refractivity contribution in [1.29, 1.82) is 0 Å². The molecule has 0 bridgehead atoms. The Morgan fingerprint density at radius 2 is 1.96 bits per heavy atom. The highest BCUT2D eigenvalue weighted by Gasteiger charge is 2.24. The van der Waals surface area contributed by atoms with Gasteiger partial charge in [0.2, 0.25) is 0 Å². The summed E-state index contributed by atoms with van der Waals surface area (Å²) >= 11 is 10.9. The minimum atomic E-state index is -0.294. The third-order valence-corrected chi connectivity index (χ3v) is 5.75. The summed E-state index contributed by atoms with van der Waals surface area (Å²) in [5.74, 6) is -0.294. The topological polar surface area (TPSA) is 39.2 Å². The molecule has 0 saturated carbocycles. The van der Waals surface area contributed by atoms with Crippen molar-refractivity contribution in [3.63, 3.8) is 0 Å². The SMILES string of the molecule is CCCCCCCCOC(=S)C(CC(=O)S)c1nc2ccccc2s1. The van der Waals surface area contributed by atoms with Gasteiger partial charge in [0, 0.05) is 6.42 Å². The molecular weight excluding hydrogens is 370 g/mol. The van der Waals surface area contributed by atoms with Crippen LogP contribution in [0.25, 0.3) is 10.2 Å². The molecule has 136 valence electrons. The maximum absolute atomic E-state index is 11.5. The third-order valence-electron chi connectivity index (χ3n) is 4.01. The molecule has 1 aromatic heterocycles. The molecule has 0 aliphatic heterocycles. The highest BCUT2D eigenvalue weighted by Crippen LogP contribution is 2.31. The van der Waals surface area contributed by atoms with Crippen LogP contribution in [0, 0.1) is 0 Å². The van der Waals surface area contributed by atoms with Crippen molar-refractivity contribution >= 4 is 56.6 Å². The lowest BCUT2D eigenvalue weighted by Crippen LogP contribution is -2.16. The number of thiol groups is 1. The van der Waals surface area contributed by atoms with Crippen LogP contribution >= 0.6 is 36.2 Å². The van der Waals surface area contributed by atoms with E-state index in [4.69, 9.17) is 17.0 Å². The Balaban J connectivity index is 1.92. The molecule has 25 heavy (non-hydrogen) atoms. The predicted molar refractivity (Wildman–Crippen MR) is 113 cm³/mol. The number of hydrogen-bond donors (Lipinski definition) is 1. The smallest absolute Gasteiger partial charge is 0.187 e. The summed E-state index contributed by atoms with van der Waals surface area (Å²) in [4.78, 5) is 16.2. The first-order valence-electron chi connectivity index (χ1n) is 8.85. The molecule has 2 aromatic rings. The molecule has 0 aliphatic rings. The molecule has 1 unspecified atom stereocenters. The fourth-order valence-electron chi connectivity index (χ4n) is 2.64. The number of hydrogen-bond acceptors (Lipinski definition) is 5. The van der Waals surface area contributed by atoms with E-state index in [0.29, 0.717) is 11.7 Å². The Bertz CT molecular complexity index is 666. The standard InChI is InChI=1S/C19H25NO2S3/c1-2-3-4-5-6-9-12-22-19(24)14(13-17(21)23)18-20-15-10-7-8-11-16(15)25-18/h7-8,10-11,14H,2-6,9,12-13H2,1H3,(H,21,23). The van der Waals surface area contributed by atoms with Crippen molar-refractivity contribution in [2.45, 2.75) is 57.8 Å². The van der Waals surface area contributed by atoms with E-state index in [0.717, 1.165) is 28.1 Å². The Morgan fingerprint density at radius 1 is 1.24 bits per heavy atom. The molecule has 1 atom stereocenters. The molecule has 0 aliphatic carbocycles. The number of unbranched alkanes of at least 4 members (excludes halogenated alkanes) is 5. The van der Waals surface area contributed by atoms with Gasteiger partial charge in [-0.15, -0.1) is 24.0 Å². The normalized spacial score (nSPS) is 12.2. The van der Waals surface area contributed by atoms with Crippen LogP contribution in [0.3, 0.4) is 0 Å². The highest BCUT2D eigenvalue weighted by atomic mass is 32.1. The van der Waals surface area contributed by atoms with E-state index in [9.17, 15) is 4.79 Å². The molecule has 0 radical (unpaired) electrons. The van der Waals surface area contributed by atoms with Crippen molar-refractivity contribution in [2.75, 3.05) is 6.61 Å². The van der Waals surface area contributed by atoms with E-state index in [2.05, 4.69) is 24.5 Å². The summed E-state index contributed by atoms with van der Waals surface area (Å²) in [6.45, 7) is 2.82. The number of fused-ring (bicyclic) bond motifs is 1. The van der Waals surface area contributed by atoms with Gasteiger partial charge in [0.15, 0.2) is 10.2 Å². The van der Waals surface area contributed by atoms with Crippen LogP contribution in [-0.4, -0.2) is 21.8 Å². The molecule has 0 amide bonds. The van der Waals surface area contributed by atoms with Crippen LogP contribution in [0.2, 0.25) is 0 Å². The first-order valence-corrected chi connectivity index (χ1v) is 10.5. The second kappa shape index (κ2) is 10.9. The zero-order valence-corrected chi connectivity index (χ0v) is 17.1. The Morgan fingerprint density at radius 3 is 2.68 bits per heavy atom. The summed E-state index contributed by atoms with van der Waals surface area (Å²) in [5.41, 5.74) is 0.929. The fourth-order valence-corrected chi connectivity index (χ4v) is 4.24. The quantitative estimate of drug-likeness (QED) is 0.291. The molecule has 0 fully saturated rings. The van der Waals surface area contributed by atoms with Gasteiger partial charge in [-0.1, -0.05) is 51.2 Å². The fraction of sp³-hybridized carbons (Fsp3) is 0.526. The number of nitrogens with zero attached hydrogens (tertiary/aromatic N) is 1. The molecule has 2 rings (SSSR count). The second-order valence-corrected chi connectivity index (χ2v) is 8.07. The van der Waals surface area contributed by atoms with Crippen molar-refractivity contribution in [3.8, 4) is 0 Å². The van der Waals surface area contributed by atoms with Crippen molar-refractivity contribution in [2.24, 2.45) is 0 Å². The van der Waals surface area contributed by atoms with Crippen LogP contribution < -0.4 is 0 Å². The minimum Gasteiger partial charge on any atom is -0.486 e. The van der Waals surface area contributed by atoms with E-state index in [1.54, 1.807) is 11.3 Å². The zero-order valence-electron chi connectivity index (χ0n) is 14.6. The summed E-state index contributed by atoms with van der Waals surface area (Å²) in [6.07, 6.45) is 7.43. The molecule has 0 saturated heterocycles. The van der Waals surface area contributed by atoms with E-state index < -0.39 is 0 Å². The van der Waals surface area contributed by atoms with Gasteiger partial charge in [-0.3, -0.25) is 4.79 Å². The minimum absolute atomic E-state index is 0.199. The molecule has 3 nitrogen and oxygen atoms in total. The Hall–Kier alpha value is -0.980. The lowest BCUT2D eigenvalue weighted by molar-refractivity contribution is -0.110. The average molecular weight is 396 g/mol. The van der Waals surface area contributed by atoms with Crippen molar-refractivity contribution in [3.05, 3.63) is 29.3 Å². The van der Waals surface area contributed by atoms with Crippen molar-refractivity contribution < 1.29 is 9.53 Å². The molecule has 1 aromatic carbocycles. The monoisotopic (exact) mass is 395 g/mol. The highest BCUT2D eigenvalue weighted by molar-refractivity contribution is 7.96. The lowest BCUT2D eigenvalue weighted by atomic mass is 10.1. The Labute approximate surface area is 164 Å². The van der Waals surface area contributed by atoms with Gasteiger partial charge in [-0.05, 0) is 30.8 Å². The van der Waals surface area contributed by atoms with E-state index in [1.165, 1.54) is 25.7 Å². The van der Waals surface area contributed by atoms with Gasteiger partial charge in [-0.2, -0.15) is 0 Å². The van der Waals surface area contributed by atoms with E-state index in [-0.39, 0.29) is 17.5 Å². The van der Waals surface area contributed by atoms with Crippen molar-refractivity contribution in [1.82, 2.24) is 4.98 Å². The summed E-state index contributed by atoms with van der Waals surface area (Å²) in [7, 11) is 0. The van der Waals surface area contributed by atoms with Crippen LogP contribution in [0.15, 0.2) is 24.3 Å². The number of thiazole rings is 1. The number of thiocarbonyl (C=S) groups is 1. The molecule has 0 spiro atoms. The van der Waals surface area contributed by atoms with Crippen LogP contribution in [0.4, 0.5) is 0 Å². The van der Waals surface area contributed by atoms with Gasteiger partial charge in [0.05, 0.1) is 22.7 Å². The number of rotatable bonds is 11. The van der Waals surface area contributed by atoms with Crippen LogP contribution in [0.5, 0.6) is 0 Å². The molecule has 6 heteroatoms. The van der Waals surface area contributed by atoms with E-state index >= 15 is 0 Å². The second-order valence-electron chi connectivity index (χ2n) is 6.11. The number of para-hydroxylation sites is 1. The first-order chi connectivity index (χ1) is 12.1. The maximum Gasteiger partial charge on any atom is 0.187 e. The summed E-state index contributed by atoms with van der Waals surface area (Å²) in [6, 6.07) is 7.93. The number of benzene rings is 1. The largest absolute Gasteiger partial charge is 0.486 e. The Kier molecular flexibility index (Phi) is 8.85. The molecule has 1 heterocycles. The third kappa shape index (κ3) is 6.68. The average Bonchev–Trinajstić information content (AvgIpc) is 3.02. The number of aromatic nitrogens is 1. The molecule has 0 N–H and O–H groups in total. The molecular formula is C19H25NO2S3. The lowest BCUT2D eigenvalue weighted by Gasteiger charge is -2.15. The van der Waals surface area contributed by atoms with Crippen LogP contribution in [0.1, 0.15) is 62.8 Å². The number of carbonyl (C=O) groups is 1. The number of ether oxygens (including phenoxy) is 1. The van der Waals surface area contributed by atoms with E-state index in [1.807, 2.05) is 24.3 Å². The van der Waals surface area contributed by atoms with Gasteiger partial charge in [0.25, 0.3) is 0 Å². The van der Waals surface area contributed by atoms with Gasteiger partial charge in [0.1, 0.15) is 5.01 Å². The summed E-state index contributed by atoms with van der Waals surface area (Å²) < 4.78 is 6.86. The number of carbonyl (C=O) groups excluding carboxylic acids is 1. The van der Waals surface area contributed by atoms with Gasteiger partial charge in [-0.25, -0.2) is 4.98 Å². The van der Waals surface area contributed by atoms with Crippen LogP contribution in [-0.2, 0) is 9.53 Å². The van der Waals surface area contributed by atoms with Gasteiger partial charge >= 0.3 is 0 Å². The first kappa shape index (κ1) is 20.3. The van der Waals surface area contributed by atoms with Gasteiger partial charge < -0.3 is 4.74 Å². The maximum atomic E-state index is 11.5.